The number of hydrogen-bond donors (Lipinski definition) is 0. The molecule has 0 spiro atoms. The van der Waals surface area contributed by atoms with Gasteiger partial charge in [-0.05, 0) is 55.3 Å². The van der Waals surface area contributed by atoms with Crippen molar-refractivity contribution in [3.05, 3.63) is 89.0 Å². The molecule has 0 radical (unpaired) electrons. The van der Waals surface area contributed by atoms with Gasteiger partial charge in [0.2, 0.25) is 0 Å². The maximum Gasteiger partial charge on any atom is 0.415 e. The first kappa shape index (κ1) is 21.0. The van der Waals surface area contributed by atoms with E-state index < -0.39 is 0 Å². The molecule has 4 rings (SSSR count). The average Bonchev–Trinajstić information content (AvgIpc) is 2.77. The van der Waals surface area contributed by atoms with Crippen LogP contribution in [0.5, 0.6) is 5.75 Å². The smallest absolute Gasteiger partial charge is 0.410 e. The molecule has 3 heterocycles. The molecule has 0 bridgehead atoms. The van der Waals surface area contributed by atoms with Crippen LogP contribution in [-0.2, 0) is 13.0 Å². The van der Waals surface area contributed by atoms with Crippen LogP contribution in [0.15, 0.2) is 60.8 Å². The standard InChI is InChI=1S/C25H28N4O2/c1-19-5-4-12-26-24(19)17-21-8-10-23(11-9-21)31-25(30)29-15-13-28(14-16-29)18-22-7-3-6-20(2)27-22/h3-12H,13-18H2,1-2H3. The van der Waals surface area contributed by atoms with Crippen molar-refractivity contribution in [2.24, 2.45) is 0 Å². The average molecular weight is 417 g/mol. The monoisotopic (exact) mass is 416 g/mol. The molecule has 1 aromatic carbocycles. The van der Waals surface area contributed by atoms with Gasteiger partial charge in [0.1, 0.15) is 5.75 Å². The van der Waals surface area contributed by atoms with Gasteiger partial charge in [-0.15, -0.1) is 0 Å². The Morgan fingerprint density at radius 1 is 0.968 bits per heavy atom. The fourth-order valence-corrected chi connectivity index (χ4v) is 3.74. The van der Waals surface area contributed by atoms with E-state index in [1.54, 1.807) is 4.90 Å². The Morgan fingerprint density at radius 2 is 1.74 bits per heavy atom. The summed E-state index contributed by atoms with van der Waals surface area (Å²) in [5.74, 6) is 0.567. The highest BCUT2D eigenvalue weighted by molar-refractivity contribution is 5.70. The van der Waals surface area contributed by atoms with Gasteiger partial charge in [0, 0.05) is 56.7 Å². The third-order valence-electron chi connectivity index (χ3n) is 5.58. The van der Waals surface area contributed by atoms with Crippen molar-refractivity contribution in [3.63, 3.8) is 0 Å². The molecular formula is C25H28N4O2. The van der Waals surface area contributed by atoms with Crippen molar-refractivity contribution in [2.75, 3.05) is 26.2 Å². The number of aromatic nitrogens is 2. The van der Waals surface area contributed by atoms with Crippen LogP contribution in [-0.4, -0.2) is 52.0 Å². The second-order valence-corrected chi connectivity index (χ2v) is 7.99. The van der Waals surface area contributed by atoms with Crippen LogP contribution < -0.4 is 4.74 Å². The molecule has 2 aromatic heterocycles. The number of amides is 1. The molecule has 1 amide bonds. The Labute approximate surface area is 183 Å². The van der Waals surface area contributed by atoms with Gasteiger partial charge in [-0.1, -0.05) is 24.3 Å². The van der Waals surface area contributed by atoms with E-state index in [9.17, 15) is 4.79 Å². The van der Waals surface area contributed by atoms with Gasteiger partial charge < -0.3 is 9.64 Å². The van der Waals surface area contributed by atoms with Gasteiger partial charge in [-0.3, -0.25) is 14.9 Å². The number of hydrogen-bond acceptors (Lipinski definition) is 5. The first-order chi connectivity index (χ1) is 15.1. The molecular weight excluding hydrogens is 388 g/mol. The first-order valence-electron chi connectivity index (χ1n) is 10.7. The maximum atomic E-state index is 12.6. The summed E-state index contributed by atoms with van der Waals surface area (Å²) in [6.07, 6.45) is 2.29. The van der Waals surface area contributed by atoms with E-state index in [0.717, 1.165) is 48.7 Å². The molecule has 6 heteroatoms. The molecule has 0 unspecified atom stereocenters. The van der Waals surface area contributed by atoms with Gasteiger partial charge in [0.05, 0.1) is 5.69 Å². The van der Waals surface area contributed by atoms with Crippen molar-refractivity contribution in [1.29, 1.82) is 0 Å². The fourth-order valence-electron chi connectivity index (χ4n) is 3.74. The van der Waals surface area contributed by atoms with E-state index >= 15 is 0 Å². The zero-order valence-electron chi connectivity index (χ0n) is 18.1. The third kappa shape index (κ3) is 5.67. The zero-order valence-corrected chi connectivity index (χ0v) is 18.1. The van der Waals surface area contributed by atoms with E-state index in [2.05, 4.69) is 27.9 Å². The van der Waals surface area contributed by atoms with Crippen molar-refractivity contribution >= 4 is 6.09 Å². The van der Waals surface area contributed by atoms with Crippen molar-refractivity contribution in [3.8, 4) is 5.75 Å². The zero-order chi connectivity index (χ0) is 21.6. The minimum atomic E-state index is -0.290. The molecule has 160 valence electrons. The summed E-state index contributed by atoms with van der Waals surface area (Å²) in [6, 6.07) is 17.8. The number of carbonyl (C=O) groups is 1. The summed E-state index contributed by atoms with van der Waals surface area (Å²) in [7, 11) is 0. The van der Waals surface area contributed by atoms with E-state index in [1.165, 1.54) is 5.56 Å². The van der Waals surface area contributed by atoms with Gasteiger partial charge in [-0.25, -0.2) is 4.79 Å². The quantitative estimate of drug-likeness (QED) is 0.629. The molecule has 1 aliphatic rings. The highest BCUT2D eigenvalue weighted by atomic mass is 16.6. The predicted molar refractivity (Wildman–Crippen MR) is 120 cm³/mol. The molecule has 3 aromatic rings. The maximum absolute atomic E-state index is 12.6. The number of aryl methyl sites for hydroxylation is 2. The lowest BCUT2D eigenvalue weighted by molar-refractivity contribution is 0.107. The minimum Gasteiger partial charge on any atom is -0.410 e. The van der Waals surface area contributed by atoms with Crippen LogP contribution in [0.2, 0.25) is 0 Å². The lowest BCUT2D eigenvalue weighted by atomic mass is 10.1. The van der Waals surface area contributed by atoms with E-state index in [0.29, 0.717) is 18.8 Å². The SMILES string of the molecule is Cc1cccc(CN2CCN(C(=O)Oc3ccc(Cc4ncccc4C)cc3)CC2)n1. The number of pyridine rings is 2. The predicted octanol–water partition coefficient (Wildman–Crippen LogP) is 4.00. The molecule has 1 saturated heterocycles. The van der Waals surface area contributed by atoms with Crippen LogP contribution in [0.3, 0.4) is 0 Å². The number of ether oxygens (including phenoxy) is 1. The Morgan fingerprint density at radius 3 is 2.45 bits per heavy atom. The highest BCUT2D eigenvalue weighted by Crippen LogP contribution is 2.17. The number of benzene rings is 1. The van der Waals surface area contributed by atoms with E-state index in [1.807, 2.05) is 61.7 Å². The van der Waals surface area contributed by atoms with Gasteiger partial charge in [0.25, 0.3) is 0 Å². The summed E-state index contributed by atoms with van der Waals surface area (Å²) >= 11 is 0. The molecule has 0 saturated carbocycles. The Bertz CT molecular complexity index is 1030. The minimum absolute atomic E-state index is 0.290. The molecule has 0 N–H and O–H groups in total. The highest BCUT2D eigenvalue weighted by Gasteiger charge is 2.23. The first-order valence-corrected chi connectivity index (χ1v) is 10.7. The molecule has 31 heavy (non-hydrogen) atoms. The number of piperazine rings is 1. The van der Waals surface area contributed by atoms with E-state index in [-0.39, 0.29) is 6.09 Å². The van der Waals surface area contributed by atoms with Crippen LogP contribution >= 0.6 is 0 Å². The summed E-state index contributed by atoms with van der Waals surface area (Å²) in [4.78, 5) is 25.7. The fraction of sp³-hybridized carbons (Fsp3) is 0.320. The number of carbonyl (C=O) groups excluding carboxylic acids is 1. The van der Waals surface area contributed by atoms with Crippen LogP contribution in [0.1, 0.15) is 28.2 Å². The van der Waals surface area contributed by atoms with Gasteiger partial charge >= 0.3 is 6.09 Å². The third-order valence-corrected chi connectivity index (χ3v) is 5.58. The molecule has 0 aliphatic carbocycles. The van der Waals surface area contributed by atoms with Gasteiger partial charge in [-0.2, -0.15) is 0 Å². The second-order valence-electron chi connectivity index (χ2n) is 7.99. The summed E-state index contributed by atoms with van der Waals surface area (Å²) in [6.45, 7) is 7.81. The Hall–Kier alpha value is -3.25. The van der Waals surface area contributed by atoms with Gasteiger partial charge in [0.15, 0.2) is 0 Å². The lowest BCUT2D eigenvalue weighted by Gasteiger charge is -2.33. The van der Waals surface area contributed by atoms with Crippen LogP contribution in [0.4, 0.5) is 4.79 Å². The number of rotatable bonds is 5. The van der Waals surface area contributed by atoms with E-state index in [4.69, 9.17) is 4.74 Å². The largest absolute Gasteiger partial charge is 0.415 e. The molecule has 6 nitrogen and oxygen atoms in total. The normalized spacial score (nSPS) is 14.5. The molecule has 1 aliphatic heterocycles. The van der Waals surface area contributed by atoms with Crippen molar-refractivity contribution < 1.29 is 9.53 Å². The summed E-state index contributed by atoms with van der Waals surface area (Å²) in [5, 5.41) is 0. The van der Waals surface area contributed by atoms with Crippen molar-refractivity contribution in [2.45, 2.75) is 26.8 Å². The summed E-state index contributed by atoms with van der Waals surface area (Å²) in [5.41, 5.74) is 5.47. The molecule has 1 fully saturated rings. The lowest BCUT2D eigenvalue weighted by Crippen LogP contribution is -2.49. The topological polar surface area (TPSA) is 58.6 Å². The van der Waals surface area contributed by atoms with Crippen LogP contribution in [0.25, 0.3) is 0 Å². The molecule has 0 atom stereocenters. The number of nitrogens with zero attached hydrogens (tertiary/aromatic N) is 4. The second kappa shape index (κ2) is 9.71. The van der Waals surface area contributed by atoms with Crippen LogP contribution in [0, 0.1) is 13.8 Å². The summed E-state index contributed by atoms with van der Waals surface area (Å²) < 4.78 is 5.59. The Kier molecular flexibility index (Phi) is 6.57. The Balaban J connectivity index is 1.26. The van der Waals surface area contributed by atoms with Crippen molar-refractivity contribution in [1.82, 2.24) is 19.8 Å².